The third-order valence-corrected chi connectivity index (χ3v) is 4.88. The first-order chi connectivity index (χ1) is 11.7. The van der Waals surface area contributed by atoms with Gasteiger partial charge in [-0.25, -0.2) is 0 Å². The molecule has 2 aliphatic rings. The fraction of sp³-hybridized carbons (Fsp3) is 0.529. The quantitative estimate of drug-likeness (QED) is 0.324. The third kappa shape index (κ3) is 3.75. The molecule has 5 N–H and O–H groups in total. The number of carbonyl (C=O) groups is 1. The normalized spacial score (nSPS) is 24.5. The van der Waals surface area contributed by atoms with Crippen LogP contribution in [0.5, 0.6) is 0 Å². The van der Waals surface area contributed by atoms with Crippen LogP contribution in [0.2, 0.25) is 0 Å². The monoisotopic (exact) mass is 331 g/mol. The number of rotatable bonds is 4. The Balaban J connectivity index is 1.62. The molecule has 1 amide bonds. The van der Waals surface area contributed by atoms with Crippen LogP contribution in [0.3, 0.4) is 0 Å². The lowest BCUT2D eigenvalue weighted by Gasteiger charge is -2.34. The van der Waals surface area contributed by atoms with Crippen molar-refractivity contribution in [3.05, 3.63) is 29.8 Å². The number of nitrogens with zero attached hydrogens (tertiary/aromatic N) is 1. The summed E-state index contributed by atoms with van der Waals surface area (Å²) in [6.07, 6.45) is 4.74. The topological polar surface area (TPSA) is 100 Å². The summed E-state index contributed by atoms with van der Waals surface area (Å²) in [6, 6.07) is 6.95. The van der Waals surface area contributed by atoms with Crippen molar-refractivity contribution >= 4 is 17.4 Å². The van der Waals surface area contributed by atoms with Gasteiger partial charge in [-0.2, -0.15) is 0 Å². The van der Waals surface area contributed by atoms with Crippen LogP contribution >= 0.6 is 0 Å². The predicted octanol–water partition coefficient (Wildman–Crippen LogP) is 1.15. The summed E-state index contributed by atoms with van der Waals surface area (Å²) >= 11 is 0. The molecule has 3 rings (SSSR count). The number of nitrogens with one attached hydrogen (secondary N) is 4. The summed E-state index contributed by atoms with van der Waals surface area (Å²) in [5.74, 6) is -0.0818. The molecule has 0 radical (unpaired) electrons. The van der Waals surface area contributed by atoms with E-state index in [-0.39, 0.29) is 23.8 Å². The minimum absolute atomic E-state index is 0.00816. The highest BCUT2D eigenvalue weighted by molar-refractivity contribution is 5.98. The Labute approximate surface area is 141 Å². The van der Waals surface area contributed by atoms with E-state index in [1.165, 1.54) is 19.3 Å². The van der Waals surface area contributed by atoms with Crippen LogP contribution in [0, 0.1) is 5.41 Å². The second kappa shape index (κ2) is 7.74. The summed E-state index contributed by atoms with van der Waals surface area (Å²) in [6.45, 7) is 3.04. The molecule has 0 bridgehead atoms. The molecular weight excluding hydrogens is 306 g/mol. The van der Waals surface area contributed by atoms with E-state index in [1.807, 2.05) is 5.48 Å². The summed E-state index contributed by atoms with van der Waals surface area (Å²) < 4.78 is 0. The lowest BCUT2D eigenvalue weighted by Crippen LogP contribution is -2.51. The summed E-state index contributed by atoms with van der Waals surface area (Å²) in [4.78, 5) is 15.1. The number of anilines is 1. The summed E-state index contributed by atoms with van der Waals surface area (Å²) in [5, 5.41) is 22.5. The number of likely N-dealkylation sites (tertiary alicyclic amines) is 1. The Hall–Kier alpha value is -1.96. The van der Waals surface area contributed by atoms with Gasteiger partial charge in [-0.15, -0.1) is 0 Å². The lowest BCUT2D eigenvalue weighted by molar-refractivity contribution is -0.119. The van der Waals surface area contributed by atoms with E-state index in [2.05, 4.69) is 15.5 Å². The van der Waals surface area contributed by atoms with E-state index in [0.717, 1.165) is 26.1 Å². The van der Waals surface area contributed by atoms with Crippen molar-refractivity contribution in [2.75, 3.05) is 25.0 Å². The Morgan fingerprint density at radius 1 is 1.21 bits per heavy atom. The molecule has 2 fully saturated rings. The van der Waals surface area contributed by atoms with E-state index in [4.69, 9.17) is 10.6 Å². The van der Waals surface area contributed by atoms with Crippen molar-refractivity contribution in [1.82, 2.24) is 15.7 Å². The zero-order valence-electron chi connectivity index (χ0n) is 13.7. The maximum Gasteiger partial charge on any atom is 0.243 e. The molecule has 0 aliphatic carbocycles. The lowest BCUT2D eigenvalue weighted by atomic mass is 10.0. The van der Waals surface area contributed by atoms with Crippen molar-refractivity contribution in [3.63, 3.8) is 0 Å². The maximum atomic E-state index is 12.6. The van der Waals surface area contributed by atoms with E-state index in [9.17, 15) is 4.79 Å². The number of hydrogen-bond acceptors (Lipinski definition) is 5. The molecule has 0 saturated carbocycles. The largest absolute Gasteiger partial charge is 0.325 e. The van der Waals surface area contributed by atoms with Gasteiger partial charge in [0.2, 0.25) is 5.91 Å². The van der Waals surface area contributed by atoms with E-state index in [0.29, 0.717) is 11.3 Å². The van der Waals surface area contributed by atoms with E-state index in [1.54, 1.807) is 24.3 Å². The van der Waals surface area contributed by atoms with Crippen LogP contribution in [0.15, 0.2) is 24.3 Å². The molecule has 2 saturated heterocycles. The first-order valence-electron chi connectivity index (χ1n) is 8.56. The molecule has 130 valence electrons. The molecular formula is C17H25N5O2. The average molecular weight is 331 g/mol. The number of piperidine rings is 1. The standard InChI is InChI=1S/C17H25N5O2/c18-16(21-24)12-4-6-13(7-5-12)20-17(23)15-14(8-9-19-15)22-10-2-1-3-11-22/h4-7,14-15,19,24H,1-3,8-11H2,(H2,18,21)(H,20,23)/t14-,15+/m1/s1. The highest BCUT2D eigenvalue weighted by Gasteiger charge is 2.36. The van der Waals surface area contributed by atoms with Crippen LogP contribution in [-0.2, 0) is 4.79 Å². The molecule has 1 aromatic rings. The zero-order valence-corrected chi connectivity index (χ0v) is 13.7. The highest BCUT2D eigenvalue weighted by atomic mass is 16.5. The zero-order chi connectivity index (χ0) is 16.9. The van der Waals surface area contributed by atoms with E-state index >= 15 is 0 Å². The maximum absolute atomic E-state index is 12.6. The van der Waals surface area contributed by atoms with Crippen molar-refractivity contribution in [1.29, 1.82) is 5.41 Å². The second-order valence-electron chi connectivity index (χ2n) is 6.44. The minimum Gasteiger partial charge on any atom is -0.325 e. The SMILES string of the molecule is N=C(NO)c1ccc(NC(=O)[C@H]2NCC[C@H]2N2CCCCC2)cc1. The van der Waals surface area contributed by atoms with Gasteiger partial charge in [-0.3, -0.25) is 25.8 Å². The molecule has 7 heteroatoms. The fourth-order valence-corrected chi connectivity index (χ4v) is 3.61. The van der Waals surface area contributed by atoms with Crippen molar-refractivity contribution in [3.8, 4) is 0 Å². The molecule has 2 heterocycles. The van der Waals surface area contributed by atoms with Gasteiger partial charge in [0, 0.05) is 17.3 Å². The van der Waals surface area contributed by atoms with Crippen LogP contribution in [-0.4, -0.2) is 53.6 Å². The number of carbonyl (C=O) groups excluding carboxylic acids is 1. The molecule has 0 spiro atoms. The molecule has 0 unspecified atom stereocenters. The van der Waals surface area contributed by atoms with Gasteiger partial charge >= 0.3 is 0 Å². The highest BCUT2D eigenvalue weighted by Crippen LogP contribution is 2.21. The van der Waals surface area contributed by atoms with Crippen LogP contribution in [0.25, 0.3) is 0 Å². The van der Waals surface area contributed by atoms with Crippen LogP contribution in [0.1, 0.15) is 31.2 Å². The summed E-state index contributed by atoms with van der Waals surface area (Å²) in [5.41, 5.74) is 3.06. The molecule has 24 heavy (non-hydrogen) atoms. The van der Waals surface area contributed by atoms with Crippen LogP contribution < -0.4 is 16.1 Å². The first kappa shape index (κ1) is 16.9. The Bertz CT molecular complexity index is 583. The number of hydroxylamine groups is 1. The fourth-order valence-electron chi connectivity index (χ4n) is 3.61. The van der Waals surface area contributed by atoms with Crippen molar-refractivity contribution in [2.45, 2.75) is 37.8 Å². The summed E-state index contributed by atoms with van der Waals surface area (Å²) in [7, 11) is 0. The Morgan fingerprint density at radius 2 is 1.92 bits per heavy atom. The van der Waals surface area contributed by atoms with Gasteiger partial charge < -0.3 is 10.6 Å². The van der Waals surface area contributed by atoms with E-state index < -0.39 is 0 Å². The van der Waals surface area contributed by atoms with Gasteiger partial charge in [0.25, 0.3) is 0 Å². The number of amidine groups is 1. The Kier molecular flexibility index (Phi) is 5.44. The third-order valence-electron chi connectivity index (χ3n) is 4.88. The molecule has 7 nitrogen and oxygen atoms in total. The molecule has 0 aromatic heterocycles. The number of amides is 1. The van der Waals surface area contributed by atoms with Gasteiger partial charge in [0.15, 0.2) is 0 Å². The Morgan fingerprint density at radius 3 is 2.58 bits per heavy atom. The van der Waals surface area contributed by atoms with Gasteiger partial charge in [0.05, 0.1) is 0 Å². The van der Waals surface area contributed by atoms with Crippen molar-refractivity contribution < 1.29 is 10.0 Å². The average Bonchev–Trinajstić information content (AvgIpc) is 3.12. The minimum atomic E-state index is -0.180. The van der Waals surface area contributed by atoms with Crippen LogP contribution in [0.4, 0.5) is 5.69 Å². The number of hydrogen-bond donors (Lipinski definition) is 5. The second-order valence-corrected chi connectivity index (χ2v) is 6.44. The number of benzene rings is 1. The van der Waals surface area contributed by atoms with Crippen molar-refractivity contribution in [2.24, 2.45) is 0 Å². The van der Waals surface area contributed by atoms with Gasteiger partial charge in [-0.1, -0.05) is 6.42 Å². The smallest absolute Gasteiger partial charge is 0.243 e. The first-order valence-corrected chi connectivity index (χ1v) is 8.56. The molecule has 1 aromatic carbocycles. The molecule has 2 aliphatic heterocycles. The predicted molar refractivity (Wildman–Crippen MR) is 92.4 cm³/mol. The molecule has 2 atom stereocenters. The van der Waals surface area contributed by atoms with Gasteiger partial charge in [-0.05, 0) is 63.2 Å². The van der Waals surface area contributed by atoms with Gasteiger partial charge in [0.1, 0.15) is 11.9 Å².